The molecule has 2 aliphatic heterocycles. The summed E-state index contributed by atoms with van der Waals surface area (Å²) in [6.45, 7) is 14.7. The third-order valence-corrected chi connectivity index (χ3v) is 4.37. The van der Waals surface area contributed by atoms with Crippen LogP contribution in [0.5, 0.6) is 0 Å². The molecule has 112 valence electrons. The van der Waals surface area contributed by atoms with E-state index in [1.54, 1.807) is 0 Å². The summed E-state index contributed by atoms with van der Waals surface area (Å²) in [5.74, 6) is 0. The van der Waals surface area contributed by atoms with Gasteiger partial charge in [0.25, 0.3) is 0 Å². The van der Waals surface area contributed by atoms with E-state index < -0.39 is 0 Å². The van der Waals surface area contributed by atoms with Crippen molar-refractivity contribution in [1.29, 1.82) is 0 Å². The molecule has 0 aromatic rings. The first-order valence-corrected chi connectivity index (χ1v) is 7.67. The van der Waals surface area contributed by atoms with E-state index in [0.717, 1.165) is 39.5 Å². The highest BCUT2D eigenvalue weighted by Crippen LogP contribution is 2.24. The number of piperazine rings is 1. The molecule has 0 spiro atoms. The van der Waals surface area contributed by atoms with E-state index >= 15 is 0 Å². The third kappa shape index (κ3) is 4.15. The molecule has 0 bridgehead atoms. The molecule has 2 fully saturated rings. The van der Waals surface area contributed by atoms with Crippen LogP contribution in [0.4, 0.5) is 0 Å². The van der Waals surface area contributed by atoms with Gasteiger partial charge in [0.2, 0.25) is 0 Å². The fourth-order valence-corrected chi connectivity index (χ4v) is 2.97. The lowest BCUT2D eigenvalue weighted by Crippen LogP contribution is -2.61. The Bertz CT molecular complexity index is 272. The Hall–Kier alpha value is -0.160. The van der Waals surface area contributed by atoms with Gasteiger partial charge in [0.05, 0.1) is 25.9 Å². The number of nitrogens with one attached hydrogen (secondary N) is 1. The maximum Gasteiger partial charge on any atom is 0.0936 e. The van der Waals surface area contributed by atoms with E-state index in [0.29, 0.717) is 17.5 Å². The molecule has 2 saturated heterocycles. The highest BCUT2D eigenvalue weighted by atomic mass is 16.6. The minimum atomic E-state index is 0.251. The molecule has 0 aromatic carbocycles. The normalized spacial score (nSPS) is 34.4. The van der Waals surface area contributed by atoms with Gasteiger partial charge in [0, 0.05) is 31.7 Å². The average molecular weight is 270 g/mol. The van der Waals surface area contributed by atoms with Crippen LogP contribution in [0.2, 0.25) is 0 Å². The van der Waals surface area contributed by atoms with Crippen LogP contribution < -0.4 is 5.32 Å². The van der Waals surface area contributed by atoms with Crippen molar-refractivity contribution in [3.05, 3.63) is 0 Å². The molecular weight excluding hydrogens is 240 g/mol. The first-order chi connectivity index (χ1) is 9.00. The Morgan fingerprint density at radius 1 is 1.26 bits per heavy atom. The van der Waals surface area contributed by atoms with Crippen molar-refractivity contribution in [2.75, 3.05) is 39.5 Å². The molecular formula is C15H30N2O2. The molecule has 3 unspecified atom stereocenters. The van der Waals surface area contributed by atoms with Crippen molar-refractivity contribution in [3.63, 3.8) is 0 Å². The molecule has 2 rings (SSSR count). The van der Waals surface area contributed by atoms with Crippen molar-refractivity contribution >= 4 is 0 Å². The van der Waals surface area contributed by atoms with Crippen LogP contribution in [0, 0.1) is 5.41 Å². The Balaban J connectivity index is 1.93. The minimum Gasteiger partial charge on any atom is -0.376 e. The van der Waals surface area contributed by atoms with Crippen LogP contribution in [0.3, 0.4) is 0 Å². The first-order valence-electron chi connectivity index (χ1n) is 7.67. The molecule has 0 amide bonds. The highest BCUT2D eigenvalue weighted by Gasteiger charge is 2.34. The van der Waals surface area contributed by atoms with Crippen LogP contribution in [-0.2, 0) is 9.47 Å². The maximum atomic E-state index is 5.81. The Morgan fingerprint density at radius 2 is 2.05 bits per heavy atom. The van der Waals surface area contributed by atoms with Gasteiger partial charge in [-0.25, -0.2) is 0 Å². The Labute approximate surface area is 117 Å². The molecule has 0 aromatic heterocycles. The van der Waals surface area contributed by atoms with Crippen LogP contribution in [0.25, 0.3) is 0 Å². The fourth-order valence-electron chi connectivity index (χ4n) is 2.97. The standard InChI is InChI=1S/C15H30N2O2/c1-5-12-8-16-14(15(2,3)4)10-17(12)9-13-11-18-6-7-19-13/h12-14,16H,5-11H2,1-4H3. The molecule has 0 aliphatic carbocycles. The molecule has 1 N–H and O–H groups in total. The summed E-state index contributed by atoms with van der Waals surface area (Å²) < 4.78 is 11.3. The zero-order chi connectivity index (χ0) is 13.9. The Kier molecular flexibility index (Phi) is 5.23. The lowest BCUT2D eigenvalue weighted by Gasteiger charge is -2.46. The van der Waals surface area contributed by atoms with Gasteiger partial charge in [-0.2, -0.15) is 0 Å². The van der Waals surface area contributed by atoms with Gasteiger partial charge >= 0.3 is 0 Å². The van der Waals surface area contributed by atoms with Gasteiger partial charge < -0.3 is 14.8 Å². The monoisotopic (exact) mass is 270 g/mol. The molecule has 0 radical (unpaired) electrons. The van der Waals surface area contributed by atoms with Gasteiger partial charge in [-0.1, -0.05) is 27.7 Å². The Morgan fingerprint density at radius 3 is 2.63 bits per heavy atom. The van der Waals surface area contributed by atoms with Gasteiger partial charge in [-0.05, 0) is 11.8 Å². The summed E-state index contributed by atoms with van der Waals surface area (Å²) in [6, 6.07) is 1.18. The number of hydrogen-bond acceptors (Lipinski definition) is 4. The second-order valence-electron chi connectivity index (χ2n) is 6.91. The summed E-state index contributed by atoms with van der Waals surface area (Å²) in [6.07, 6.45) is 1.44. The highest BCUT2D eigenvalue weighted by molar-refractivity contribution is 4.92. The van der Waals surface area contributed by atoms with Crippen LogP contribution in [-0.4, -0.2) is 62.5 Å². The number of hydrogen-bond donors (Lipinski definition) is 1. The minimum absolute atomic E-state index is 0.251. The summed E-state index contributed by atoms with van der Waals surface area (Å²) in [4.78, 5) is 2.60. The predicted molar refractivity (Wildman–Crippen MR) is 77.5 cm³/mol. The van der Waals surface area contributed by atoms with Gasteiger partial charge in [0.1, 0.15) is 0 Å². The predicted octanol–water partition coefficient (Wildman–Crippen LogP) is 1.50. The van der Waals surface area contributed by atoms with Gasteiger partial charge in [0.15, 0.2) is 0 Å². The second kappa shape index (κ2) is 6.53. The molecule has 4 nitrogen and oxygen atoms in total. The second-order valence-corrected chi connectivity index (χ2v) is 6.91. The fraction of sp³-hybridized carbons (Fsp3) is 1.00. The van der Waals surface area contributed by atoms with Crippen molar-refractivity contribution in [3.8, 4) is 0 Å². The third-order valence-electron chi connectivity index (χ3n) is 4.37. The zero-order valence-corrected chi connectivity index (χ0v) is 12.9. The lowest BCUT2D eigenvalue weighted by molar-refractivity contribution is -0.104. The summed E-state index contributed by atoms with van der Waals surface area (Å²) in [5.41, 5.74) is 0.306. The summed E-state index contributed by atoms with van der Waals surface area (Å²) in [5, 5.41) is 3.71. The number of ether oxygens (including phenoxy) is 2. The lowest BCUT2D eigenvalue weighted by atomic mass is 9.84. The smallest absolute Gasteiger partial charge is 0.0936 e. The van der Waals surface area contributed by atoms with Crippen molar-refractivity contribution in [1.82, 2.24) is 10.2 Å². The molecule has 0 saturated carbocycles. The van der Waals surface area contributed by atoms with Crippen LogP contribution >= 0.6 is 0 Å². The van der Waals surface area contributed by atoms with Crippen molar-refractivity contribution < 1.29 is 9.47 Å². The number of nitrogens with zero attached hydrogens (tertiary/aromatic N) is 1. The maximum absolute atomic E-state index is 5.81. The topological polar surface area (TPSA) is 33.7 Å². The van der Waals surface area contributed by atoms with Gasteiger partial charge in [-0.15, -0.1) is 0 Å². The first kappa shape index (κ1) is 15.2. The molecule has 2 heterocycles. The summed E-state index contributed by atoms with van der Waals surface area (Å²) >= 11 is 0. The van der Waals surface area contributed by atoms with E-state index in [9.17, 15) is 0 Å². The van der Waals surface area contributed by atoms with E-state index in [1.165, 1.54) is 6.42 Å². The van der Waals surface area contributed by atoms with Crippen LogP contribution in [0.15, 0.2) is 0 Å². The van der Waals surface area contributed by atoms with Crippen molar-refractivity contribution in [2.24, 2.45) is 5.41 Å². The van der Waals surface area contributed by atoms with E-state index in [4.69, 9.17) is 9.47 Å². The number of rotatable bonds is 3. The van der Waals surface area contributed by atoms with Crippen LogP contribution in [0.1, 0.15) is 34.1 Å². The zero-order valence-electron chi connectivity index (χ0n) is 12.9. The van der Waals surface area contributed by atoms with E-state index in [1.807, 2.05) is 0 Å². The molecule has 2 aliphatic rings. The van der Waals surface area contributed by atoms with E-state index in [2.05, 4.69) is 37.9 Å². The molecule has 4 heteroatoms. The average Bonchev–Trinajstić information content (AvgIpc) is 2.39. The quantitative estimate of drug-likeness (QED) is 0.843. The molecule has 3 atom stereocenters. The summed E-state index contributed by atoms with van der Waals surface area (Å²) in [7, 11) is 0. The van der Waals surface area contributed by atoms with Gasteiger partial charge in [-0.3, -0.25) is 4.90 Å². The molecule has 19 heavy (non-hydrogen) atoms. The largest absolute Gasteiger partial charge is 0.376 e. The van der Waals surface area contributed by atoms with Crippen molar-refractivity contribution in [2.45, 2.75) is 52.3 Å². The SMILES string of the molecule is CCC1CNC(C(C)(C)C)CN1CC1COCCO1. The van der Waals surface area contributed by atoms with E-state index in [-0.39, 0.29) is 6.10 Å².